The minimum absolute atomic E-state index is 0.629. The van der Waals surface area contributed by atoms with Gasteiger partial charge in [-0.25, -0.2) is 4.98 Å². The third kappa shape index (κ3) is 3.66. The molecule has 1 aromatic heterocycles. The Morgan fingerprint density at radius 3 is 2.74 bits per heavy atom. The molecule has 2 rings (SSSR count). The maximum absolute atomic E-state index is 4.69. The van der Waals surface area contributed by atoms with E-state index in [1.165, 1.54) is 6.42 Å². The molecule has 2 heterocycles. The van der Waals surface area contributed by atoms with Crippen LogP contribution in [0.1, 0.15) is 39.9 Å². The zero-order valence-corrected chi connectivity index (χ0v) is 13.4. The van der Waals surface area contributed by atoms with Gasteiger partial charge in [0.05, 0.1) is 0 Å². The second-order valence-corrected chi connectivity index (χ2v) is 6.43. The zero-order chi connectivity index (χ0) is 13.8. The van der Waals surface area contributed by atoms with Crippen LogP contribution in [-0.2, 0) is 6.42 Å². The first-order chi connectivity index (χ1) is 9.13. The van der Waals surface area contributed by atoms with Crippen molar-refractivity contribution < 1.29 is 0 Å². The number of likely N-dealkylation sites (N-methyl/N-ethyl adjacent to an activating group) is 1. The van der Waals surface area contributed by atoms with Gasteiger partial charge in [0.15, 0.2) is 0 Å². The van der Waals surface area contributed by atoms with Crippen LogP contribution in [-0.4, -0.2) is 46.5 Å². The molecule has 0 spiro atoms. The molecule has 4 nitrogen and oxygen atoms in total. The van der Waals surface area contributed by atoms with E-state index in [9.17, 15) is 0 Å². The second kappa shape index (κ2) is 6.66. The van der Waals surface area contributed by atoms with Crippen LogP contribution in [0.3, 0.4) is 0 Å². The summed E-state index contributed by atoms with van der Waals surface area (Å²) in [5, 5.41) is 1.12. The lowest BCUT2D eigenvalue weighted by atomic mass is 10.1. The van der Waals surface area contributed by atoms with Crippen molar-refractivity contribution in [2.24, 2.45) is 5.92 Å². The molecule has 1 fully saturated rings. The predicted molar refractivity (Wildman–Crippen MR) is 82.0 cm³/mol. The fourth-order valence-corrected chi connectivity index (χ4v) is 3.50. The molecule has 1 saturated heterocycles. The molecule has 0 N–H and O–H groups in total. The predicted octanol–water partition coefficient (Wildman–Crippen LogP) is 2.66. The Balaban J connectivity index is 1.95. The third-order valence-electron chi connectivity index (χ3n) is 3.81. The molecular formula is C14H26N4S. The molecule has 1 atom stereocenters. The standard InChI is InChI=1S/C14H26N4S/c1-5-17(6-2)12-7-8-18(10-12)14-15-13(16-19-14)9-11(3)4/h11-12H,5-10H2,1-4H3. The Kier molecular flexibility index (Phi) is 5.16. The van der Waals surface area contributed by atoms with Gasteiger partial charge in [-0.1, -0.05) is 27.7 Å². The summed E-state index contributed by atoms with van der Waals surface area (Å²) in [6.45, 7) is 13.4. The van der Waals surface area contributed by atoms with Gasteiger partial charge in [-0.15, -0.1) is 0 Å². The molecule has 108 valence electrons. The second-order valence-electron chi connectivity index (χ2n) is 5.70. The van der Waals surface area contributed by atoms with Crippen molar-refractivity contribution in [2.45, 2.75) is 46.6 Å². The van der Waals surface area contributed by atoms with Gasteiger partial charge in [-0.2, -0.15) is 4.37 Å². The number of hydrogen-bond acceptors (Lipinski definition) is 5. The molecule has 19 heavy (non-hydrogen) atoms. The van der Waals surface area contributed by atoms with Gasteiger partial charge in [0.2, 0.25) is 5.13 Å². The van der Waals surface area contributed by atoms with E-state index >= 15 is 0 Å². The van der Waals surface area contributed by atoms with E-state index < -0.39 is 0 Å². The number of hydrogen-bond donors (Lipinski definition) is 0. The highest BCUT2D eigenvalue weighted by atomic mass is 32.1. The van der Waals surface area contributed by atoms with Crippen LogP contribution in [0, 0.1) is 5.92 Å². The molecule has 1 aromatic rings. The quantitative estimate of drug-likeness (QED) is 0.803. The first-order valence-electron chi connectivity index (χ1n) is 7.45. The Morgan fingerprint density at radius 1 is 1.37 bits per heavy atom. The van der Waals surface area contributed by atoms with Crippen molar-refractivity contribution in [1.29, 1.82) is 0 Å². The molecule has 0 bridgehead atoms. The van der Waals surface area contributed by atoms with Crippen LogP contribution >= 0.6 is 11.5 Å². The normalized spacial score (nSPS) is 19.9. The SMILES string of the molecule is CCN(CC)C1CCN(c2nc(CC(C)C)ns2)C1. The van der Waals surface area contributed by atoms with Crippen LogP contribution in [0.25, 0.3) is 0 Å². The van der Waals surface area contributed by atoms with Crippen molar-refractivity contribution in [2.75, 3.05) is 31.1 Å². The minimum atomic E-state index is 0.629. The van der Waals surface area contributed by atoms with E-state index in [0.29, 0.717) is 12.0 Å². The highest BCUT2D eigenvalue weighted by molar-refractivity contribution is 7.09. The summed E-state index contributed by atoms with van der Waals surface area (Å²) in [6, 6.07) is 0.687. The average Bonchev–Trinajstić information content (AvgIpc) is 2.99. The monoisotopic (exact) mass is 282 g/mol. The van der Waals surface area contributed by atoms with Gasteiger partial charge in [-0.3, -0.25) is 4.90 Å². The first-order valence-corrected chi connectivity index (χ1v) is 8.22. The molecule has 0 radical (unpaired) electrons. The van der Waals surface area contributed by atoms with E-state index in [1.807, 2.05) is 0 Å². The molecule has 1 aliphatic rings. The van der Waals surface area contributed by atoms with E-state index in [1.54, 1.807) is 11.5 Å². The fraction of sp³-hybridized carbons (Fsp3) is 0.857. The Bertz CT molecular complexity index is 387. The largest absolute Gasteiger partial charge is 0.345 e. The summed E-state index contributed by atoms with van der Waals surface area (Å²) < 4.78 is 4.49. The van der Waals surface area contributed by atoms with E-state index in [0.717, 1.165) is 43.6 Å². The summed E-state index contributed by atoms with van der Waals surface area (Å²) in [5.41, 5.74) is 0. The topological polar surface area (TPSA) is 32.3 Å². The molecular weight excluding hydrogens is 256 g/mol. The molecule has 0 aliphatic carbocycles. The Labute approximate surface area is 121 Å². The maximum Gasteiger partial charge on any atom is 0.205 e. The Morgan fingerprint density at radius 2 is 2.11 bits per heavy atom. The van der Waals surface area contributed by atoms with Crippen molar-refractivity contribution in [3.05, 3.63) is 5.82 Å². The van der Waals surface area contributed by atoms with Crippen LogP contribution < -0.4 is 4.90 Å². The highest BCUT2D eigenvalue weighted by Crippen LogP contribution is 2.25. The summed E-state index contributed by atoms with van der Waals surface area (Å²) in [5.74, 6) is 1.64. The van der Waals surface area contributed by atoms with Crippen molar-refractivity contribution in [3.63, 3.8) is 0 Å². The lowest BCUT2D eigenvalue weighted by molar-refractivity contribution is 0.232. The molecule has 1 aliphatic heterocycles. The minimum Gasteiger partial charge on any atom is -0.345 e. The number of rotatable bonds is 6. The number of nitrogens with zero attached hydrogens (tertiary/aromatic N) is 4. The summed E-state index contributed by atoms with van der Waals surface area (Å²) >= 11 is 1.56. The molecule has 1 unspecified atom stereocenters. The number of anilines is 1. The highest BCUT2D eigenvalue weighted by Gasteiger charge is 2.28. The van der Waals surface area contributed by atoms with Gasteiger partial charge in [0.1, 0.15) is 5.82 Å². The van der Waals surface area contributed by atoms with Crippen LogP contribution in [0.4, 0.5) is 5.13 Å². The summed E-state index contributed by atoms with van der Waals surface area (Å²) in [7, 11) is 0. The molecule has 0 amide bonds. The average molecular weight is 282 g/mol. The summed E-state index contributed by atoms with van der Waals surface area (Å²) in [4.78, 5) is 9.65. The fourth-order valence-electron chi connectivity index (χ4n) is 2.77. The number of aromatic nitrogens is 2. The van der Waals surface area contributed by atoms with Gasteiger partial charge < -0.3 is 4.90 Å². The molecule has 5 heteroatoms. The van der Waals surface area contributed by atoms with Crippen LogP contribution in [0.15, 0.2) is 0 Å². The molecule has 0 saturated carbocycles. The van der Waals surface area contributed by atoms with Gasteiger partial charge in [-0.05, 0) is 25.4 Å². The lowest BCUT2D eigenvalue weighted by Crippen LogP contribution is -2.37. The van der Waals surface area contributed by atoms with Crippen LogP contribution in [0.2, 0.25) is 0 Å². The smallest absolute Gasteiger partial charge is 0.205 e. The third-order valence-corrected chi connectivity index (χ3v) is 4.63. The van der Waals surface area contributed by atoms with Crippen LogP contribution in [0.5, 0.6) is 0 Å². The van der Waals surface area contributed by atoms with E-state index in [2.05, 4.69) is 41.9 Å². The van der Waals surface area contributed by atoms with Crippen molar-refractivity contribution >= 4 is 16.7 Å². The van der Waals surface area contributed by atoms with E-state index in [4.69, 9.17) is 4.98 Å². The van der Waals surface area contributed by atoms with Crippen molar-refractivity contribution in [3.8, 4) is 0 Å². The molecule has 0 aromatic carbocycles. The Hall–Kier alpha value is -0.680. The van der Waals surface area contributed by atoms with Gasteiger partial charge in [0.25, 0.3) is 0 Å². The maximum atomic E-state index is 4.69. The summed E-state index contributed by atoms with van der Waals surface area (Å²) in [6.07, 6.45) is 2.24. The van der Waals surface area contributed by atoms with Gasteiger partial charge >= 0.3 is 0 Å². The lowest BCUT2D eigenvalue weighted by Gasteiger charge is -2.25. The van der Waals surface area contributed by atoms with E-state index in [-0.39, 0.29) is 0 Å². The van der Waals surface area contributed by atoms with Crippen molar-refractivity contribution in [1.82, 2.24) is 14.3 Å². The van der Waals surface area contributed by atoms with Gasteiger partial charge in [0, 0.05) is 37.1 Å². The first kappa shape index (κ1) is 14.7. The zero-order valence-electron chi connectivity index (χ0n) is 12.6.